The molecule has 3 rings (SSSR count). The highest BCUT2D eigenvalue weighted by Gasteiger charge is 2.32. The molecule has 0 spiro atoms. The fourth-order valence-corrected chi connectivity index (χ4v) is 4.96. The summed E-state index contributed by atoms with van der Waals surface area (Å²) in [5.74, 6) is 0. The lowest BCUT2D eigenvalue weighted by Crippen LogP contribution is -2.53. The largest absolute Gasteiger partial charge is 0.369 e. The van der Waals surface area contributed by atoms with Crippen LogP contribution in [-0.4, -0.2) is 56.3 Å². The van der Waals surface area contributed by atoms with Gasteiger partial charge in [-0.3, -0.25) is 0 Å². The van der Waals surface area contributed by atoms with Crippen LogP contribution in [0.2, 0.25) is 5.02 Å². The van der Waals surface area contributed by atoms with Crippen LogP contribution in [0.25, 0.3) is 0 Å². The van der Waals surface area contributed by atoms with Crippen molar-refractivity contribution >= 4 is 27.5 Å². The van der Waals surface area contributed by atoms with E-state index in [-0.39, 0.29) is 0 Å². The Morgan fingerprint density at radius 3 is 2.14 bits per heavy atom. The lowest BCUT2D eigenvalue weighted by Gasteiger charge is -2.38. The molecule has 0 unspecified atom stereocenters. The zero-order valence-electron chi connectivity index (χ0n) is 12.6. The lowest BCUT2D eigenvalue weighted by atomic mass is 10.2. The second kappa shape index (κ2) is 6.74. The Bertz CT molecular complexity index is 609. The molecule has 1 aromatic rings. The van der Waals surface area contributed by atoms with Gasteiger partial charge in [-0.15, -0.1) is 0 Å². The van der Waals surface area contributed by atoms with Gasteiger partial charge in [-0.1, -0.05) is 24.1 Å². The molecule has 7 heteroatoms. The van der Waals surface area contributed by atoms with Gasteiger partial charge in [-0.05, 0) is 31.0 Å². The molecule has 0 atom stereocenters. The molecular formula is C15H22ClN3O2S. The monoisotopic (exact) mass is 343 g/mol. The molecule has 0 aromatic heterocycles. The molecule has 2 fully saturated rings. The van der Waals surface area contributed by atoms with Crippen molar-refractivity contribution in [2.75, 3.05) is 44.2 Å². The van der Waals surface area contributed by atoms with E-state index in [1.807, 2.05) is 24.3 Å². The first-order valence-corrected chi connectivity index (χ1v) is 9.60. The SMILES string of the molecule is O=S(=O)(N1CCCCC1)N1CCN(c2cccc(Cl)c2)CC1. The predicted octanol–water partition coefficient (Wildman–Crippen LogP) is 2.19. The minimum Gasteiger partial charge on any atom is -0.369 e. The fourth-order valence-electron chi connectivity index (χ4n) is 3.11. The summed E-state index contributed by atoms with van der Waals surface area (Å²) in [5, 5.41) is 0.709. The van der Waals surface area contributed by atoms with Gasteiger partial charge in [0.2, 0.25) is 0 Å². The van der Waals surface area contributed by atoms with Crippen molar-refractivity contribution in [3.05, 3.63) is 29.3 Å². The summed E-state index contributed by atoms with van der Waals surface area (Å²) in [7, 11) is -3.28. The van der Waals surface area contributed by atoms with Gasteiger partial charge in [0, 0.05) is 50.0 Å². The first-order chi connectivity index (χ1) is 10.6. The average Bonchev–Trinajstić information content (AvgIpc) is 2.56. The summed E-state index contributed by atoms with van der Waals surface area (Å²) in [5.41, 5.74) is 1.06. The van der Waals surface area contributed by atoms with E-state index >= 15 is 0 Å². The summed E-state index contributed by atoms with van der Waals surface area (Å²) in [6, 6.07) is 7.72. The van der Waals surface area contributed by atoms with Crippen LogP contribution in [0.4, 0.5) is 5.69 Å². The van der Waals surface area contributed by atoms with E-state index in [1.165, 1.54) is 0 Å². The molecule has 2 saturated heterocycles. The van der Waals surface area contributed by atoms with Crippen LogP contribution in [0.5, 0.6) is 0 Å². The number of benzene rings is 1. The Morgan fingerprint density at radius 1 is 0.864 bits per heavy atom. The fraction of sp³-hybridized carbons (Fsp3) is 0.600. The number of piperazine rings is 1. The number of hydrogen-bond acceptors (Lipinski definition) is 3. The molecule has 0 saturated carbocycles. The molecule has 22 heavy (non-hydrogen) atoms. The molecule has 2 aliphatic heterocycles. The van der Waals surface area contributed by atoms with E-state index in [0.717, 1.165) is 24.9 Å². The first-order valence-electron chi connectivity index (χ1n) is 7.83. The number of nitrogens with zero attached hydrogens (tertiary/aromatic N) is 3. The molecule has 122 valence electrons. The summed E-state index contributed by atoms with van der Waals surface area (Å²) < 4.78 is 28.6. The van der Waals surface area contributed by atoms with E-state index in [2.05, 4.69) is 4.90 Å². The Hall–Kier alpha value is -0.820. The van der Waals surface area contributed by atoms with E-state index in [1.54, 1.807) is 8.61 Å². The van der Waals surface area contributed by atoms with Crippen molar-refractivity contribution in [1.29, 1.82) is 0 Å². The second-order valence-corrected chi connectivity index (χ2v) is 8.20. The predicted molar refractivity (Wildman–Crippen MR) is 89.6 cm³/mol. The Labute approximate surface area is 137 Å². The molecular weight excluding hydrogens is 322 g/mol. The number of piperidine rings is 1. The van der Waals surface area contributed by atoms with Crippen LogP contribution in [0.15, 0.2) is 24.3 Å². The Kier molecular flexibility index (Phi) is 4.92. The summed E-state index contributed by atoms with van der Waals surface area (Å²) in [6.07, 6.45) is 3.08. The number of rotatable bonds is 3. The molecule has 0 N–H and O–H groups in total. The van der Waals surface area contributed by atoms with Crippen molar-refractivity contribution in [3.8, 4) is 0 Å². The third-order valence-corrected chi connectivity index (χ3v) is 6.65. The second-order valence-electron chi connectivity index (χ2n) is 5.83. The van der Waals surface area contributed by atoms with Crippen LogP contribution in [0.1, 0.15) is 19.3 Å². The van der Waals surface area contributed by atoms with Gasteiger partial charge in [0.1, 0.15) is 0 Å². The van der Waals surface area contributed by atoms with Gasteiger partial charge < -0.3 is 4.90 Å². The van der Waals surface area contributed by atoms with Crippen LogP contribution < -0.4 is 4.90 Å². The zero-order valence-corrected chi connectivity index (χ0v) is 14.2. The van der Waals surface area contributed by atoms with Crippen LogP contribution in [-0.2, 0) is 10.2 Å². The third kappa shape index (κ3) is 3.40. The quantitative estimate of drug-likeness (QED) is 0.845. The van der Waals surface area contributed by atoms with Crippen molar-refractivity contribution in [2.45, 2.75) is 19.3 Å². The molecule has 2 aliphatic rings. The third-order valence-electron chi connectivity index (χ3n) is 4.38. The van der Waals surface area contributed by atoms with Gasteiger partial charge in [0.25, 0.3) is 10.2 Å². The van der Waals surface area contributed by atoms with Crippen molar-refractivity contribution < 1.29 is 8.42 Å². The van der Waals surface area contributed by atoms with E-state index in [4.69, 9.17) is 11.6 Å². The first kappa shape index (κ1) is 16.1. The van der Waals surface area contributed by atoms with Gasteiger partial charge >= 0.3 is 0 Å². The maximum absolute atomic E-state index is 12.7. The zero-order chi connectivity index (χ0) is 15.6. The smallest absolute Gasteiger partial charge is 0.282 e. The Balaban J connectivity index is 1.63. The molecule has 0 aliphatic carbocycles. The topological polar surface area (TPSA) is 43.9 Å². The maximum atomic E-state index is 12.7. The number of anilines is 1. The van der Waals surface area contributed by atoms with Crippen molar-refractivity contribution in [1.82, 2.24) is 8.61 Å². The summed E-state index contributed by atoms with van der Waals surface area (Å²) in [4.78, 5) is 2.19. The van der Waals surface area contributed by atoms with Crippen LogP contribution in [0, 0.1) is 0 Å². The lowest BCUT2D eigenvalue weighted by molar-refractivity contribution is 0.295. The maximum Gasteiger partial charge on any atom is 0.282 e. The minimum absolute atomic E-state index is 0.533. The summed E-state index contributed by atoms with van der Waals surface area (Å²) in [6.45, 7) is 3.80. The molecule has 2 heterocycles. The average molecular weight is 344 g/mol. The van der Waals surface area contributed by atoms with Gasteiger partial charge in [0.05, 0.1) is 0 Å². The number of halogens is 1. The van der Waals surface area contributed by atoms with Gasteiger partial charge in [0.15, 0.2) is 0 Å². The molecule has 0 amide bonds. The van der Waals surface area contributed by atoms with E-state index in [0.29, 0.717) is 44.3 Å². The molecule has 0 radical (unpaired) electrons. The van der Waals surface area contributed by atoms with Crippen molar-refractivity contribution in [3.63, 3.8) is 0 Å². The highest BCUT2D eigenvalue weighted by molar-refractivity contribution is 7.86. The highest BCUT2D eigenvalue weighted by atomic mass is 35.5. The normalized spacial score (nSPS) is 22.0. The van der Waals surface area contributed by atoms with Crippen molar-refractivity contribution in [2.24, 2.45) is 0 Å². The highest BCUT2D eigenvalue weighted by Crippen LogP contribution is 2.23. The van der Waals surface area contributed by atoms with Gasteiger partial charge in [-0.2, -0.15) is 17.0 Å². The van der Waals surface area contributed by atoms with Gasteiger partial charge in [-0.25, -0.2) is 0 Å². The van der Waals surface area contributed by atoms with E-state index < -0.39 is 10.2 Å². The molecule has 0 bridgehead atoms. The molecule has 1 aromatic carbocycles. The number of hydrogen-bond donors (Lipinski definition) is 0. The summed E-state index contributed by atoms with van der Waals surface area (Å²) >= 11 is 6.03. The molecule has 5 nitrogen and oxygen atoms in total. The minimum atomic E-state index is -3.28. The van der Waals surface area contributed by atoms with E-state index in [9.17, 15) is 8.42 Å². The Morgan fingerprint density at radius 2 is 1.50 bits per heavy atom. The van der Waals surface area contributed by atoms with Crippen LogP contribution >= 0.6 is 11.6 Å². The van der Waals surface area contributed by atoms with Crippen LogP contribution in [0.3, 0.4) is 0 Å². The standard InChI is InChI=1S/C15H22ClN3O2S/c16-14-5-4-6-15(13-14)17-9-11-19(12-10-17)22(20,21)18-7-2-1-3-8-18/h4-6,13H,1-3,7-12H2.